The molecule has 2 rings (SSSR count). The van der Waals surface area contributed by atoms with E-state index >= 15 is 0 Å². The molecule has 0 aromatic heterocycles. The lowest BCUT2D eigenvalue weighted by Gasteiger charge is -2.31. The minimum Gasteiger partial charge on any atom is -0.449 e. The Morgan fingerprint density at radius 2 is 2.29 bits per heavy atom. The summed E-state index contributed by atoms with van der Waals surface area (Å²) in [5.41, 5.74) is 0. The lowest BCUT2D eigenvalue weighted by molar-refractivity contribution is 0.0701. The van der Waals surface area contributed by atoms with Crippen LogP contribution in [0.3, 0.4) is 0 Å². The second-order valence-corrected chi connectivity index (χ2v) is 5.48. The van der Waals surface area contributed by atoms with E-state index in [1.54, 1.807) is 0 Å². The van der Waals surface area contributed by atoms with Crippen molar-refractivity contribution in [1.29, 1.82) is 0 Å². The van der Waals surface area contributed by atoms with E-state index in [1.165, 1.54) is 19.3 Å². The van der Waals surface area contributed by atoms with Crippen LogP contribution in [0.2, 0.25) is 0 Å². The third-order valence-corrected chi connectivity index (χ3v) is 3.76. The van der Waals surface area contributed by atoms with Gasteiger partial charge in [0.25, 0.3) is 0 Å². The molecule has 0 aromatic rings. The molecule has 0 saturated carbocycles. The summed E-state index contributed by atoms with van der Waals surface area (Å²) >= 11 is 0. The summed E-state index contributed by atoms with van der Waals surface area (Å²) in [5, 5.41) is 3.34. The van der Waals surface area contributed by atoms with Crippen LogP contribution in [0, 0.1) is 11.8 Å². The van der Waals surface area contributed by atoms with Gasteiger partial charge in [0, 0.05) is 25.6 Å². The molecule has 2 unspecified atom stereocenters. The van der Waals surface area contributed by atoms with Crippen LogP contribution >= 0.6 is 0 Å². The molecule has 2 aliphatic rings. The SMILES string of the molecule is CC1CCCN(C(=O)OCC2CCCNC2)C1. The molecule has 1 N–H and O–H groups in total. The molecule has 0 bridgehead atoms. The molecule has 2 aliphatic heterocycles. The Bertz CT molecular complexity index is 252. The third kappa shape index (κ3) is 3.87. The van der Waals surface area contributed by atoms with Crippen LogP contribution in [0.5, 0.6) is 0 Å². The van der Waals surface area contributed by atoms with Crippen LogP contribution in [0.25, 0.3) is 0 Å². The average molecular weight is 240 g/mol. The Kier molecular flexibility index (Phi) is 4.66. The van der Waals surface area contributed by atoms with E-state index in [-0.39, 0.29) is 6.09 Å². The molecule has 0 spiro atoms. The Balaban J connectivity index is 1.69. The van der Waals surface area contributed by atoms with Gasteiger partial charge in [0.1, 0.15) is 0 Å². The maximum absolute atomic E-state index is 11.9. The predicted octanol–water partition coefficient (Wildman–Crippen LogP) is 1.85. The lowest BCUT2D eigenvalue weighted by Crippen LogP contribution is -2.41. The van der Waals surface area contributed by atoms with Crippen molar-refractivity contribution >= 4 is 6.09 Å². The number of rotatable bonds is 2. The van der Waals surface area contributed by atoms with Crippen molar-refractivity contribution < 1.29 is 9.53 Å². The molecule has 0 aromatic carbocycles. The number of ether oxygens (including phenoxy) is 1. The van der Waals surface area contributed by atoms with Crippen LogP contribution in [0.1, 0.15) is 32.6 Å². The Hall–Kier alpha value is -0.770. The van der Waals surface area contributed by atoms with Gasteiger partial charge in [-0.2, -0.15) is 0 Å². The average Bonchev–Trinajstić information content (AvgIpc) is 2.37. The molecule has 4 nitrogen and oxygen atoms in total. The number of hydrogen-bond donors (Lipinski definition) is 1. The zero-order valence-corrected chi connectivity index (χ0v) is 10.8. The topological polar surface area (TPSA) is 41.6 Å². The molecule has 4 heteroatoms. The first kappa shape index (κ1) is 12.7. The first-order valence-electron chi connectivity index (χ1n) is 6.88. The summed E-state index contributed by atoms with van der Waals surface area (Å²) in [7, 11) is 0. The number of piperidine rings is 2. The highest BCUT2D eigenvalue weighted by atomic mass is 16.6. The van der Waals surface area contributed by atoms with E-state index in [1.807, 2.05) is 4.90 Å². The summed E-state index contributed by atoms with van der Waals surface area (Å²) in [4.78, 5) is 13.7. The standard InChI is InChI=1S/C13H24N2O2/c1-11-4-3-7-15(9-11)13(16)17-10-12-5-2-6-14-8-12/h11-12,14H,2-10H2,1H3. The van der Waals surface area contributed by atoms with Gasteiger partial charge in [0.2, 0.25) is 0 Å². The van der Waals surface area contributed by atoms with E-state index in [0.29, 0.717) is 18.4 Å². The fraction of sp³-hybridized carbons (Fsp3) is 0.923. The summed E-state index contributed by atoms with van der Waals surface area (Å²) in [6, 6.07) is 0. The number of nitrogens with one attached hydrogen (secondary N) is 1. The second kappa shape index (κ2) is 6.24. The van der Waals surface area contributed by atoms with E-state index in [2.05, 4.69) is 12.2 Å². The number of carbonyl (C=O) groups excluding carboxylic acids is 1. The smallest absolute Gasteiger partial charge is 0.409 e. The second-order valence-electron chi connectivity index (χ2n) is 5.48. The van der Waals surface area contributed by atoms with Gasteiger partial charge in [-0.25, -0.2) is 4.79 Å². The summed E-state index contributed by atoms with van der Waals surface area (Å²) in [6.45, 7) is 6.60. The minimum atomic E-state index is -0.109. The molecule has 0 aliphatic carbocycles. The Labute approximate surface area is 104 Å². The molecule has 2 saturated heterocycles. The van der Waals surface area contributed by atoms with Crippen molar-refractivity contribution in [2.24, 2.45) is 11.8 Å². The number of amides is 1. The number of hydrogen-bond acceptors (Lipinski definition) is 3. The minimum absolute atomic E-state index is 0.109. The van der Waals surface area contributed by atoms with Gasteiger partial charge >= 0.3 is 6.09 Å². The van der Waals surface area contributed by atoms with Crippen LogP contribution in [0.15, 0.2) is 0 Å². The van der Waals surface area contributed by atoms with Crippen molar-refractivity contribution in [2.75, 3.05) is 32.8 Å². The van der Waals surface area contributed by atoms with Gasteiger partial charge in [-0.3, -0.25) is 0 Å². The van der Waals surface area contributed by atoms with E-state index < -0.39 is 0 Å². The Morgan fingerprint density at radius 1 is 1.41 bits per heavy atom. The van der Waals surface area contributed by atoms with Crippen molar-refractivity contribution in [3.8, 4) is 0 Å². The van der Waals surface area contributed by atoms with Crippen LogP contribution in [0.4, 0.5) is 4.79 Å². The highest BCUT2D eigenvalue weighted by Crippen LogP contribution is 2.17. The van der Waals surface area contributed by atoms with Crippen molar-refractivity contribution in [3.05, 3.63) is 0 Å². The zero-order chi connectivity index (χ0) is 12.1. The first-order valence-corrected chi connectivity index (χ1v) is 6.88. The molecule has 2 atom stereocenters. The van der Waals surface area contributed by atoms with Crippen molar-refractivity contribution in [2.45, 2.75) is 32.6 Å². The Morgan fingerprint density at radius 3 is 3.00 bits per heavy atom. The number of nitrogens with zero attached hydrogens (tertiary/aromatic N) is 1. The number of likely N-dealkylation sites (tertiary alicyclic amines) is 1. The molecular formula is C13H24N2O2. The van der Waals surface area contributed by atoms with Gasteiger partial charge in [-0.05, 0) is 38.1 Å². The maximum Gasteiger partial charge on any atom is 0.409 e. The fourth-order valence-corrected chi connectivity index (χ4v) is 2.70. The van der Waals surface area contributed by atoms with Gasteiger partial charge in [-0.1, -0.05) is 6.92 Å². The first-order chi connectivity index (χ1) is 8.25. The molecule has 2 fully saturated rings. The van der Waals surface area contributed by atoms with Gasteiger partial charge < -0.3 is 15.0 Å². The van der Waals surface area contributed by atoms with E-state index in [0.717, 1.165) is 32.6 Å². The normalized spacial score (nSPS) is 30.1. The maximum atomic E-state index is 11.9. The summed E-state index contributed by atoms with van der Waals surface area (Å²) in [6.07, 6.45) is 4.61. The van der Waals surface area contributed by atoms with E-state index in [4.69, 9.17) is 4.74 Å². The predicted molar refractivity (Wildman–Crippen MR) is 66.9 cm³/mol. The van der Waals surface area contributed by atoms with Gasteiger partial charge in [0.15, 0.2) is 0 Å². The summed E-state index contributed by atoms with van der Waals surface area (Å²) < 4.78 is 5.42. The highest BCUT2D eigenvalue weighted by molar-refractivity contribution is 5.67. The largest absolute Gasteiger partial charge is 0.449 e. The van der Waals surface area contributed by atoms with Crippen molar-refractivity contribution in [3.63, 3.8) is 0 Å². The third-order valence-electron chi connectivity index (χ3n) is 3.76. The molecule has 1 amide bonds. The van der Waals surface area contributed by atoms with Gasteiger partial charge in [0.05, 0.1) is 6.61 Å². The van der Waals surface area contributed by atoms with Crippen LogP contribution in [-0.4, -0.2) is 43.8 Å². The van der Waals surface area contributed by atoms with E-state index in [9.17, 15) is 4.79 Å². The monoisotopic (exact) mass is 240 g/mol. The zero-order valence-electron chi connectivity index (χ0n) is 10.8. The van der Waals surface area contributed by atoms with Crippen molar-refractivity contribution in [1.82, 2.24) is 10.2 Å². The lowest BCUT2D eigenvalue weighted by atomic mass is 10.0. The summed E-state index contributed by atoms with van der Waals surface area (Å²) in [5.74, 6) is 1.13. The molecule has 17 heavy (non-hydrogen) atoms. The molecule has 2 heterocycles. The number of carbonyl (C=O) groups is 1. The molecule has 98 valence electrons. The van der Waals surface area contributed by atoms with Gasteiger partial charge in [-0.15, -0.1) is 0 Å². The quantitative estimate of drug-likeness (QED) is 0.801. The van der Waals surface area contributed by atoms with Crippen LogP contribution in [-0.2, 0) is 4.74 Å². The molecule has 0 radical (unpaired) electrons. The highest BCUT2D eigenvalue weighted by Gasteiger charge is 2.23. The van der Waals surface area contributed by atoms with Crippen LogP contribution < -0.4 is 5.32 Å². The fourth-order valence-electron chi connectivity index (χ4n) is 2.70. The molecular weight excluding hydrogens is 216 g/mol.